The van der Waals surface area contributed by atoms with Gasteiger partial charge in [-0.05, 0) is 59.0 Å². The number of nitrogens with zero attached hydrogens (tertiary/aromatic N) is 1. The van der Waals surface area contributed by atoms with Crippen molar-refractivity contribution in [3.05, 3.63) is 63.5 Å². The van der Waals surface area contributed by atoms with E-state index in [1.54, 1.807) is 12.4 Å². The average molecular weight is 348 g/mol. The van der Waals surface area contributed by atoms with Gasteiger partial charge >= 0.3 is 0 Å². The summed E-state index contributed by atoms with van der Waals surface area (Å²) in [6, 6.07) is 11.3. The highest BCUT2D eigenvalue weighted by atomic mass is 127. The highest BCUT2D eigenvalue weighted by molar-refractivity contribution is 14.1. The Hall–Kier alpha value is -1.69. The number of carbonyl (C=O) groups is 1. The maximum atomic E-state index is 12.4. The minimum Gasteiger partial charge on any atom is -0.345 e. The predicted molar refractivity (Wildman–Crippen MR) is 78.7 cm³/mol. The van der Waals surface area contributed by atoms with Crippen LogP contribution < -0.4 is 0 Å². The third kappa shape index (κ3) is 1.92. The van der Waals surface area contributed by atoms with E-state index in [4.69, 9.17) is 0 Å². The van der Waals surface area contributed by atoms with Crippen LogP contribution in [0.15, 0.2) is 48.8 Å². The van der Waals surface area contributed by atoms with Crippen LogP contribution in [0.25, 0.3) is 11.0 Å². The SMILES string of the molecule is O=C(c1ccc(I)cc1)c1c[nH]c2ncccc12. The Bertz CT molecular complexity index is 716. The number of H-pyrrole nitrogens is 1. The van der Waals surface area contributed by atoms with Gasteiger partial charge in [-0.25, -0.2) is 4.98 Å². The van der Waals surface area contributed by atoms with Crippen LogP contribution in [-0.2, 0) is 0 Å². The summed E-state index contributed by atoms with van der Waals surface area (Å²) in [5.41, 5.74) is 2.10. The monoisotopic (exact) mass is 348 g/mol. The average Bonchev–Trinajstić information content (AvgIpc) is 2.82. The molecule has 18 heavy (non-hydrogen) atoms. The van der Waals surface area contributed by atoms with Crippen molar-refractivity contribution in [3.8, 4) is 0 Å². The lowest BCUT2D eigenvalue weighted by molar-refractivity contribution is 0.104. The van der Waals surface area contributed by atoms with Gasteiger partial charge in [-0.15, -0.1) is 0 Å². The van der Waals surface area contributed by atoms with Crippen LogP contribution in [0.3, 0.4) is 0 Å². The van der Waals surface area contributed by atoms with Crippen molar-refractivity contribution in [2.75, 3.05) is 0 Å². The van der Waals surface area contributed by atoms with Crippen LogP contribution in [-0.4, -0.2) is 15.8 Å². The van der Waals surface area contributed by atoms with Crippen molar-refractivity contribution in [2.45, 2.75) is 0 Å². The smallest absolute Gasteiger partial charge is 0.195 e. The largest absolute Gasteiger partial charge is 0.345 e. The molecular formula is C14H9IN2O. The molecule has 0 atom stereocenters. The van der Waals surface area contributed by atoms with Gasteiger partial charge in [-0.2, -0.15) is 0 Å². The first kappa shape index (κ1) is 11.4. The molecule has 0 aliphatic carbocycles. The van der Waals surface area contributed by atoms with E-state index in [0.29, 0.717) is 11.1 Å². The zero-order chi connectivity index (χ0) is 12.5. The topological polar surface area (TPSA) is 45.8 Å². The number of halogens is 1. The lowest BCUT2D eigenvalue weighted by Crippen LogP contribution is -2.00. The fraction of sp³-hybridized carbons (Fsp3) is 0. The molecule has 0 bridgehead atoms. The molecule has 0 fully saturated rings. The molecule has 3 aromatic rings. The van der Waals surface area contributed by atoms with E-state index in [0.717, 1.165) is 14.6 Å². The maximum absolute atomic E-state index is 12.4. The summed E-state index contributed by atoms with van der Waals surface area (Å²) in [4.78, 5) is 19.6. The van der Waals surface area contributed by atoms with Crippen LogP contribution in [0.5, 0.6) is 0 Å². The molecule has 3 rings (SSSR count). The molecular weight excluding hydrogens is 339 g/mol. The van der Waals surface area contributed by atoms with Gasteiger partial charge in [0.25, 0.3) is 0 Å². The molecule has 1 N–H and O–H groups in total. The minimum atomic E-state index is 0.0191. The van der Waals surface area contributed by atoms with Gasteiger partial charge in [0.2, 0.25) is 0 Å². The van der Waals surface area contributed by atoms with Gasteiger partial charge in [-0.3, -0.25) is 4.79 Å². The number of benzene rings is 1. The van der Waals surface area contributed by atoms with Crippen molar-refractivity contribution in [1.82, 2.24) is 9.97 Å². The molecule has 0 amide bonds. The fourth-order valence-electron chi connectivity index (χ4n) is 1.90. The van der Waals surface area contributed by atoms with Crippen LogP contribution in [0.2, 0.25) is 0 Å². The quantitative estimate of drug-likeness (QED) is 0.570. The van der Waals surface area contributed by atoms with E-state index in [9.17, 15) is 4.79 Å². The Kier molecular flexibility index (Phi) is 2.87. The molecule has 0 saturated heterocycles. The number of carbonyl (C=O) groups excluding carboxylic acids is 1. The van der Waals surface area contributed by atoms with E-state index >= 15 is 0 Å². The number of fused-ring (bicyclic) bond motifs is 1. The minimum absolute atomic E-state index is 0.0191. The Morgan fingerprint density at radius 1 is 1.17 bits per heavy atom. The molecule has 2 heterocycles. The molecule has 0 saturated carbocycles. The predicted octanol–water partition coefficient (Wildman–Crippen LogP) is 3.40. The lowest BCUT2D eigenvalue weighted by Gasteiger charge is -1.99. The number of nitrogens with one attached hydrogen (secondary N) is 1. The zero-order valence-corrected chi connectivity index (χ0v) is 11.5. The van der Waals surface area contributed by atoms with E-state index in [2.05, 4.69) is 32.6 Å². The first-order chi connectivity index (χ1) is 8.75. The van der Waals surface area contributed by atoms with Gasteiger partial charge in [0, 0.05) is 32.5 Å². The molecule has 2 aromatic heterocycles. The normalized spacial score (nSPS) is 10.7. The van der Waals surface area contributed by atoms with Crippen molar-refractivity contribution in [1.29, 1.82) is 0 Å². The third-order valence-corrected chi connectivity index (χ3v) is 3.52. The molecule has 0 unspecified atom stereocenters. The third-order valence-electron chi connectivity index (χ3n) is 2.80. The van der Waals surface area contributed by atoms with Crippen LogP contribution in [0.1, 0.15) is 15.9 Å². The highest BCUT2D eigenvalue weighted by Gasteiger charge is 2.14. The summed E-state index contributed by atoms with van der Waals surface area (Å²) >= 11 is 2.22. The molecule has 0 aliphatic heterocycles. The highest BCUT2D eigenvalue weighted by Crippen LogP contribution is 2.19. The van der Waals surface area contributed by atoms with E-state index in [1.807, 2.05) is 36.4 Å². The van der Waals surface area contributed by atoms with Gasteiger partial charge in [0.05, 0.1) is 0 Å². The molecule has 3 nitrogen and oxygen atoms in total. The summed E-state index contributed by atoms with van der Waals surface area (Å²) < 4.78 is 1.12. The molecule has 0 radical (unpaired) electrons. The van der Waals surface area contributed by atoms with E-state index < -0.39 is 0 Å². The number of hydrogen-bond acceptors (Lipinski definition) is 2. The van der Waals surface area contributed by atoms with Crippen molar-refractivity contribution >= 4 is 39.4 Å². The van der Waals surface area contributed by atoms with Crippen LogP contribution >= 0.6 is 22.6 Å². The van der Waals surface area contributed by atoms with E-state index in [-0.39, 0.29) is 5.78 Å². The van der Waals surface area contributed by atoms with Gasteiger partial charge in [0.1, 0.15) is 5.65 Å². The summed E-state index contributed by atoms with van der Waals surface area (Å²) in [6.45, 7) is 0. The Morgan fingerprint density at radius 2 is 1.94 bits per heavy atom. The van der Waals surface area contributed by atoms with Gasteiger partial charge in [0.15, 0.2) is 5.78 Å². The number of ketones is 1. The zero-order valence-electron chi connectivity index (χ0n) is 9.35. The van der Waals surface area contributed by atoms with Crippen molar-refractivity contribution < 1.29 is 4.79 Å². The van der Waals surface area contributed by atoms with Gasteiger partial charge in [-0.1, -0.05) is 0 Å². The Balaban J connectivity index is 2.09. The molecule has 0 aliphatic rings. The Labute approximate surface area is 117 Å². The number of aromatic amines is 1. The Morgan fingerprint density at radius 3 is 2.72 bits per heavy atom. The summed E-state index contributed by atoms with van der Waals surface area (Å²) in [7, 11) is 0. The number of aromatic nitrogens is 2. The molecule has 4 heteroatoms. The van der Waals surface area contributed by atoms with E-state index in [1.165, 1.54) is 0 Å². The first-order valence-corrected chi connectivity index (χ1v) is 6.56. The van der Waals surface area contributed by atoms with Gasteiger partial charge < -0.3 is 4.98 Å². The molecule has 88 valence electrons. The first-order valence-electron chi connectivity index (χ1n) is 5.48. The summed E-state index contributed by atoms with van der Waals surface area (Å²) in [6.07, 6.45) is 3.43. The van der Waals surface area contributed by atoms with Crippen molar-refractivity contribution in [2.24, 2.45) is 0 Å². The summed E-state index contributed by atoms with van der Waals surface area (Å²) in [5.74, 6) is 0.0191. The maximum Gasteiger partial charge on any atom is 0.195 e. The molecule has 0 spiro atoms. The number of pyridine rings is 1. The van der Waals surface area contributed by atoms with Crippen LogP contribution in [0.4, 0.5) is 0 Å². The lowest BCUT2D eigenvalue weighted by atomic mass is 10.0. The second-order valence-corrected chi connectivity index (χ2v) is 5.18. The van der Waals surface area contributed by atoms with Crippen molar-refractivity contribution in [3.63, 3.8) is 0 Å². The summed E-state index contributed by atoms with van der Waals surface area (Å²) in [5, 5.41) is 0.862. The molecule has 1 aromatic carbocycles. The second-order valence-electron chi connectivity index (χ2n) is 3.94. The second kappa shape index (κ2) is 4.53. The standard InChI is InChI=1S/C14H9IN2O/c15-10-5-3-9(4-6-10)13(18)12-8-17-14-11(12)2-1-7-16-14/h1-8H,(H,16,17). The fourth-order valence-corrected chi connectivity index (χ4v) is 2.26. The number of hydrogen-bond donors (Lipinski definition) is 1. The van der Waals surface area contributed by atoms with Crippen LogP contribution in [0, 0.1) is 3.57 Å². The number of rotatable bonds is 2.